The summed E-state index contributed by atoms with van der Waals surface area (Å²) in [4.78, 5) is 0. The van der Waals surface area contributed by atoms with E-state index in [1.807, 2.05) is 0 Å². The minimum absolute atomic E-state index is 1.18. The molecule has 11 rings (SSSR count). The van der Waals surface area contributed by atoms with Crippen molar-refractivity contribution in [3.05, 3.63) is 243 Å². The van der Waals surface area contributed by atoms with Gasteiger partial charge in [0.1, 0.15) is 0 Å². The van der Waals surface area contributed by atoms with Crippen molar-refractivity contribution in [1.82, 2.24) is 0 Å². The number of fused-ring (bicyclic) bond motifs is 6. The highest BCUT2D eigenvalue weighted by molar-refractivity contribution is 6.25. The van der Waals surface area contributed by atoms with Gasteiger partial charge in [-0.05, 0) is 159 Å². The third kappa shape index (κ3) is 6.65. The van der Waals surface area contributed by atoms with E-state index in [4.69, 9.17) is 0 Å². The van der Waals surface area contributed by atoms with Crippen molar-refractivity contribution in [2.24, 2.45) is 0 Å². The summed E-state index contributed by atoms with van der Waals surface area (Å²) in [6, 6.07) is 88.8. The van der Waals surface area contributed by atoms with Gasteiger partial charge in [0.15, 0.2) is 0 Å². The molecule has 11 aromatic carbocycles. The summed E-state index contributed by atoms with van der Waals surface area (Å²) in [7, 11) is 0. The summed E-state index contributed by atoms with van der Waals surface area (Å²) >= 11 is 0. The van der Waals surface area contributed by atoms with Crippen molar-refractivity contribution >= 4 is 32.3 Å². The van der Waals surface area contributed by atoms with Crippen molar-refractivity contribution < 1.29 is 0 Å². The molecule has 0 fully saturated rings. The standard InChI is InChI=1S/C60H40/c1-3-15-41(16-4-1)43-19-11-21-45(33-43)47-23-13-25-49(35-47)52-37-53(50-26-14-24-48(36-50)46-22-12-20-44(34-46)42-17-5-2-6-18-42)39-54(38-52)51-31-32-59-57-29-8-7-27-55(57)56-28-9-10-30-58(56)60(59)40-51/h1-40H. The summed E-state index contributed by atoms with van der Waals surface area (Å²) in [5.41, 5.74) is 16.8. The topological polar surface area (TPSA) is 0 Å². The van der Waals surface area contributed by atoms with Crippen LogP contribution in [0.5, 0.6) is 0 Å². The van der Waals surface area contributed by atoms with Crippen molar-refractivity contribution in [2.45, 2.75) is 0 Å². The first-order valence-electron chi connectivity index (χ1n) is 20.7. The molecular weight excluding hydrogens is 721 g/mol. The quantitative estimate of drug-likeness (QED) is 0.142. The van der Waals surface area contributed by atoms with E-state index in [-0.39, 0.29) is 0 Å². The van der Waals surface area contributed by atoms with Gasteiger partial charge in [-0.1, -0.05) is 194 Å². The average molecular weight is 761 g/mol. The first kappa shape index (κ1) is 35.4. The molecule has 0 aliphatic heterocycles. The fourth-order valence-corrected chi connectivity index (χ4v) is 8.99. The second-order valence-corrected chi connectivity index (χ2v) is 15.7. The number of benzene rings is 11. The van der Waals surface area contributed by atoms with Gasteiger partial charge in [0.2, 0.25) is 0 Å². The van der Waals surface area contributed by atoms with E-state index in [9.17, 15) is 0 Å². The molecule has 0 amide bonds. The molecule has 0 aliphatic carbocycles. The van der Waals surface area contributed by atoms with E-state index in [1.165, 1.54) is 110 Å². The highest BCUT2D eigenvalue weighted by Gasteiger charge is 2.14. The van der Waals surface area contributed by atoms with Crippen LogP contribution in [0.15, 0.2) is 243 Å². The Morgan fingerprint density at radius 2 is 0.350 bits per heavy atom. The molecule has 0 aliphatic rings. The molecule has 0 atom stereocenters. The Morgan fingerprint density at radius 1 is 0.117 bits per heavy atom. The molecule has 0 heteroatoms. The van der Waals surface area contributed by atoms with Crippen LogP contribution in [0, 0.1) is 0 Å². The van der Waals surface area contributed by atoms with Crippen LogP contribution >= 0.6 is 0 Å². The van der Waals surface area contributed by atoms with Crippen LogP contribution in [0.1, 0.15) is 0 Å². The van der Waals surface area contributed by atoms with E-state index < -0.39 is 0 Å². The maximum atomic E-state index is 2.41. The van der Waals surface area contributed by atoms with Gasteiger partial charge >= 0.3 is 0 Å². The zero-order chi connectivity index (χ0) is 39.8. The fourth-order valence-electron chi connectivity index (χ4n) is 8.99. The van der Waals surface area contributed by atoms with Gasteiger partial charge in [-0.25, -0.2) is 0 Å². The maximum Gasteiger partial charge on any atom is -0.00928 e. The van der Waals surface area contributed by atoms with E-state index in [0.717, 1.165) is 0 Å². The van der Waals surface area contributed by atoms with Crippen LogP contribution in [-0.2, 0) is 0 Å². The molecule has 0 nitrogen and oxygen atoms in total. The minimum atomic E-state index is 1.18. The van der Waals surface area contributed by atoms with Gasteiger partial charge in [-0.3, -0.25) is 0 Å². The lowest BCUT2D eigenvalue weighted by atomic mass is 9.89. The third-order valence-electron chi connectivity index (χ3n) is 12.0. The third-order valence-corrected chi connectivity index (χ3v) is 12.0. The molecule has 0 unspecified atom stereocenters. The monoisotopic (exact) mass is 760 g/mol. The van der Waals surface area contributed by atoms with Gasteiger partial charge < -0.3 is 0 Å². The molecule has 0 bridgehead atoms. The Balaban J connectivity index is 1.07. The van der Waals surface area contributed by atoms with Gasteiger partial charge in [-0.15, -0.1) is 0 Å². The molecule has 60 heavy (non-hydrogen) atoms. The van der Waals surface area contributed by atoms with E-state index in [2.05, 4.69) is 243 Å². The normalized spacial score (nSPS) is 11.3. The molecule has 280 valence electrons. The summed E-state index contributed by atoms with van der Waals surface area (Å²) in [5.74, 6) is 0. The van der Waals surface area contributed by atoms with Crippen LogP contribution in [0.25, 0.3) is 110 Å². The van der Waals surface area contributed by atoms with Crippen LogP contribution in [0.4, 0.5) is 0 Å². The SMILES string of the molecule is c1ccc(-c2cccc(-c3cccc(-c4cc(-c5cccc(-c6cccc(-c7ccccc7)c6)c5)cc(-c5ccc6c7ccccc7c7ccccc7c6c5)c4)c3)c2)cc1. The highest BCUT2D eigenvalue weighted by Crippen LogP contribution is 2.40. The molecule has 0 radical (unpaired) electrons. The minimum Gasteiger partial charge on any atom is -0.0622 e. The Hall–Kier alpha value is -7.80. The number of hydrogen-bond donors (Lipinski definition) is 0. The van der Waals surface area contributed by atoms with Gasteiger partial charge in [0, 0.05) is 0 Å². The lowest BCUT2D eigenvalue weighted by Crippen LogP contribution is -1.89. The lowest BCUT2D eigenvalue weighted by molar-refractivity contribution is 1.55. The second kappa shape index (κ2) is 15.2. The van der Waals surface area contributed by atoms with Gasteiger partial charge in [-0.2, -0.15) is 0 Å². The molecule has 0 saturated carbocycles. The molecule has 0 N–H and O–H groups in total. The predicted octanol–water partition coefficient (Wildman–Crippen LogP) is 16.8. The first-order valence-corrected chi connectivity index (χ1v) is 20.7. The summed E-state index contributed by atoms with van der Waals surface area (Å²) < 4.78 is 0. The molecule has 0 aromatic heterocycles. The van der Waals surface area contributed by atoms with Crippen molar-refractivity contribution in [2.75, 3.05) is 0 Å². The molecule has 0 heterocycles. The first-order chi connectivity index (χ1) is 29.7. The van der Waals surface area contributed by atoms with Gasteiger partial charge in [0.05, 0.1) is 0 Å². The van der Waals surface area contributed by atoms with Crippen molar-refractivity contribution in [1.29, 1.82) is 0 Å². The summed E-state index contributed by atoms with van der Waals surface area (Å²) in [6.45, 7) is 0. The van der Waals surface area contributed by atoms with Crippen LogP contribution < -0.4 is 0 Å². The lowest BCUT2D eigenvalue weighted by Gasteiger charge is -2.15. The van der Waals surface area contributed by atoms with Crippen molar-refractivity contribution in [3.8, 4) is 77.9 Å². The Kier molecular flexibility index (Phi) is 8.95. The average Bonchev–Trinajstić information content (AvgIpc) is 3.34. The Labute approximate surface area is 351 Å². The van der Waals surface area contributed by atoms with Crippen LogP contribution in [-0.4, -0.2) is 0 Å². The highest BCUT2D eigenvalue weighted by atomic mass is 14.2. The summed E-state index contributed by atoms with van der Waals surface area (Å²) in [6.07, 6.45) is 0. The predicted molar refractivity (Wildman–Crippen MR) is 257 cm³/mol. The molecule has 0 spiro atoms. The largest absolute Gasteiger partial charge is 0.0622 e. The Morgan fingerprint density at radius 3 is 0.717 bits per heavy atom. The van der Waals surface area contributed by atoms with E-state index in [1.54, 1.807) is 0 Å². The molecule has 11 aromatic rings. The molecular formula is C60H40. The second-order valence-electron chi connectivity index (χ2n) is 15.7. The fraction of sp³-hybridized carbons (Fsp3) is 0. The Bertz CT molecular complexity index is 3180. The van der Waals surface area contributed by atoms with Crippen LogP contribution in [0.2, 0.25) is 0 Å². The zero-order valence-electron chi connectivity index (χ0n) is 33.1. The van der Waals surface area contributed by atoms with Crippen LogP contribution in [0.3, 0.4) is 0 Å². The van der Waals surface area contributed by atoms with Crippen molar-refractivity contribution in [3.63, 3.8) is 0 Å². The zero-order valence-corrected chi connectivity index (χ0v) is 33.1. The van der Waals surface area contributed by atoms with E-state index in [0.29, 0.717) is 0 Å². The smallest absolute Gasteiger partial charge is 0.00928 e. The van der Waals surface area contributed by atoms with E-state index >= 15 is 0 Å². The maximum absolute atomic E-state index is 2.41. The van der Waals surface area contributed by atoms with Gasteiger partial charge in [0.25, 0.3) is 0 Å². The molecule has 0 saturated heterocycles. The number of rotatable bonds is 7. The summed E-state index contributed by atoms with van der Waals surface area (Å²) in [5, 5.41) is 7.69. The number of hydrogen-bond acceptors (Lipinski definition) is 0.